The molecule has 3 aromatic rings. The van der Waals surface area contributed by atoms with Gasteiger partial charge in [-0.2, -0.15) is 0 Å². The lowest BCUT2D eigenvalue weighted by Gasteiger charge is -2.09. The molecule has 4 heteroatoms. The maximum atomic E-state index is 5.88. The second-order valence-electron chi connectivity index (χ2n) is 4.84. The SMILES string of the molecule is Clc1ccc(Nc2ccc(Nc3ccc(Cl)cc3)cc2)cc1. The Morgan fingerprint density at radius 1 is 0.409 bits per heavy atom. The van der Waals surface area contributed by atoms with Gasteiger partial charge in [-0.05, 0) is 72.8 Å². The monoisotopic (exact) mass is 328 g/mol. The van der Waals surface area contributed by atoms with Crippen molar-refractivity contribution in [3.8, 4) is 0 Å². The summed E-state index contributed by atoms with van der Waals surface area (Å²) in [6.45, 7) is 0. The molecule has 0 saturated carbocycles. The molecular formula is C18H14Cl2N2. The molecule has 0 saturated heterocycles. The van der Waals surface area contributed by atoms with Crippen molar-refractivity contribution >= 4 is 46.0 Å². The van der Waals surface area contributed by atoms with Gasteiger partial charge in [-0.1, -0.05) is 23.2 Å². The maximum Gasteiger partial charge on any atom is 0.0407 e. The minimum absolute atomic E-state index is 0.730. The van der Waals surface area contributed by atoms with Gasteiger partial charge in [0, 0.05) is 32.8 Å². The van der Waals surface area contributed by atoms with Crippen molar-refractivity contribution in [1.29, 1.82) is 0 Å². The smallest absolute Gasteiger partial charge is 0.0407 e. The lowest BCUT2D eigenvalue weighted by atomic mass is 10.2. The van der Waals surface area contributed by atoms with Crippen molar-refractivity contribution in [3.05, 3.63) is 82.8 Å². The number of hydrogen-bond acceptors (Lipinski definition) is 2. The molecule has 0 aromatic heterocycles. The van der Waals surface area contributed by atoms with Gasteiger partial charge in [0.2, 0.25) is 0 Å². The standard InChI is InChI=1S/C18H14Cl2N2/c19-13-1-5-15(6-2-13)21-17-9-11-18(12-10-17)22-16-7-3-14(20)4-8-16/h1-12,21-22H. The van der Waals surface area contributed by atoms with Gasteiger partial charge in [-0.3, -0.25) is 0 Å². The minimum atomic E-state index is 0.730. The Balaban J connectivity index is 1.67. The van der Waals surface area contributed by atoms with Gasteiger partial charge in [0.15, 0.2) is 0 Å². The lowest BCUT2D eigenvalue weighted by molar-refractivity contribution is 1.52. The number of benzene rings is 3. The fourth-order valence-electron chi connectivity index (χ4n) is 2.04. The molecule has 0 heterocycles. The molecule has 0 aliphatic carbocycles. The Kier molecular flexibility index (Phi) is 4.52. The van der Waals surface area contributed by atoms with E-state index in [1.165, 1.54) is 0 Å². The molecule has 3 aromatic carbocycles. The molecule has 0 fully saturated rings. The van der Waals surface area contributed by atoms with E-state index in [-0.39, 0.29) is 0 Å². The van der Waals surface area contributed by atoms with E-state index in [9.17, 15) is 0 Å². The van der Waals surface area contributed by atoms with Crippen molar-refractivity contribution in [1.82, 2.24) is 0 Å². The molecule has 0 radical (unpaired) electrons. The largest absolute Gasteiger partial charge is 0.356 e. The highest BCUT2D eigenvalue weighted by atomic mass is 35.5. The summed E-state index contributed by atoms with van der Waals surface area (Å²) in [5.74, 6) is 0. The van der Waals surface area contributed by atoms with Crippen LogP contribution >= 0.6 is 23.2 Å². The van der Waals surface area contributed by atoms with Crippen LogP contribution in [0.5, 0.6) is 0 Å². The Morgan fingerprint density at radius 2 is 0.636 bits per heavy atom. The molecule has 110 valence electrons. The summed E-state index contributed by atoms with van der Waals surface area (Å²) in [5.41, 5.74) is 4.04. The molecule has 2 N–H and O–H groups in total. The van der Waals surface area contributed by atoms with Gasteiger partial charge in [0.25, 0.3) is 0 Å². The van der Waals surface area contributed by atoms with Crippen LogP contribution in [0, 0.1) is 0 Å². The molecular weight excluding hydrogens is 315 g/mol. The summed E-state index contributed by atoms with van der Waals surface area (Å²) < 4.78 is 0. The van der Waals surface area contributed by atoms with Crippen LogP contribution in [-0.2, 0) is 0 Å². The predicted octanol–water partition coefficient (Wildman–Crippen LogP) is 6.48. The third kappa shape index (κ3) is 3.94. The Morgan fingerprint density at radius 3 is 0.909 bits per heavy atom. The number of halogens is 2. The Labute approximate surface area is 139 Å². The molecule has 0 aliphatic rings. The maximum absolute atomic E-state index is 5.88. The topological polar surface area (TPSA) is 24.1 Å². The summed E-state index contributed by atoms with van der Waals surface area (Å²) in [6, 6.07) is 23.3. The zero-order chi connectivity index (χ0) is 15.4. The first-order valence-electron chi connectivity index (χ1n) is 6.84. The van der Waals surface area contributed by atoms with Crippen molar-refractivity contribution in [2.24, 2.45) is 0 Å². The Bertz CT molecular complexity index is 669. The predicted molar refractivity (Wildman–Crippen MR) is 95.9 cm³/mol. The fourth-order valence-corrected chi connectivity index (χ4v) is 2.29. The third-order valence-electron chi connectivity index (χ3n) is 3.15. The van der Waals surface area contributed by atoms with Gasteiger partial charge in [-0.25, -0.2) is 0 Å². The second kappa shape index (κ2) is 6.73. The van der Waals surface area contributed by atoms with Gasteiger partial charge in [0.1, 0.15) is 0 Å². The second-order valence-corrected chi connectivity index (χ2v) is 5.71. The van der Waals surface area contributed by atoms with Crippen LogP contribution in [0.25, 0.3) is 0 Å². The molecule has 0 amide bonds. The number of rotatable bonds is 4. The third-order valence-corrected chi connectivity index (χ3v) is 3.65. The van der Waals surface area contributed by atoms with Crippen molar-refractivity contribution in [3.63, 3.8) is 0 Å². The average Bonchev–Trinajstić information content (AvgIpc) is 2.54. The minimum Gasteiger partial charge on any atom is -0.356 e. The van der Waals surface area contributed by atoms with E-state index >= 15 is 0 Å². The van der Waals surface area contributed by atoms with E-state index < -0.39 is 0 Å². The highest BCUT2D eigenvalue weighted by Crippen LogP contribution is 2.23. The first kappa shape index (κ1) is 14.8. The number of hydrogen-bond donors (Lipinski definition) is 2. The highest BCUT2D eigenvalue weighted by molar-refractivity contribution is 6.30. The van der Waals surface area contributed by atoms with E-state index in [1.807, 2.05) is 72.8 Å². The van der Waals surface area contributed by atoms with Gasteiger partial charge in [0.05, 0.1) is 0 Å². The van der Waals surface area contributed by atoms with Crippen LogP contribution in [0.1, 0.15) is 0 Å². The van der Waals surface area contributed by atoms with Crippen LogP contribution in [0.4, 0.5) is 22.7 Å². The summed E-state index contributed by atoms with van der Waals surface area (Å²) in [5, 5.41) is 8.11. The van der Waals surface area contributed by atoms with Gasteiger partial charge in [-0.15, -0.1) is 0 Å². The molecule has 0 unspecified atom stereocenters. The van der Waals surface area contributed by atoms with Gasteiger partial charge >= 0.3 is 0 Å². The summed E-state index contributed by atoms with van der Waals surface area (Å²) in [6.07, 6.45) is 0. The van der Waals surface area contributed by atoms with E-state index in [2.05, 4.69) is 10.6 Å². The summed E-state index contributed by atoms with van der Waals surface area (Å²) >= 11 is 11.8. The first-order chi connectivity index (χ1) is 10.7. The summed E-state index contributed by atoms with van der Waals surface area (Å²) in [7, 11) is 0. The molecule has 3 rings (SSSR count). The molecule has 2 nitrogen and oxygen atoms in total. The molecule has 0 aliphatic heterocycles. The van der Waals surface area contributed by atoms with E-state index in [0.29, 0.717) is 0 Å². The fraction of sp³-hybridized carbons (Fsp3) is 0. The number of anilines is 4. The van der Waals surface area contributed by atoms with Crippen LogP contribution in [-0.4, -0.2) is 0 Å². The molecule has 22 heavy (non-hydrogen) atoms. The molecule has 0 bridgehead atoms. The zero-order valence-corrected chi connectivity index (χ0v) is 13.2. The summed E-state index contributed by atoms with van der Waals surface area (Å²) in [4.78, 5) is 0. The van der Waals surface area contributed by atoms with Crippen LogP contribution < -0.4 is 10.6 Å². The molecule has 0 spiro atoms. The van der Waals surface area contributed by atoms with Crippen LogP contribution in [0.2, 0.25) is 10.0 Å². The van der Waals surface area contributed by atoms with E-state index in [1.54, 1.807) is 0 Å². The lowest BCUT2D eigenvalue weighted by Crippen LogP contribution is -1.92. The van der Waals surface area contributed by atoms with Crippen LogP contribution in [0.15, 0.2) is 72.8 Å². The van der Waals surface area contributed by atoms with Crippen molar-refractivity contribution in [2.75, 3.05) is 10.6 Å². The zero-order valence-electron chi connectivity index (χ0n) is 11.7. The normalized spacial score (nSPS) is 10.3. The average molecular weight is 329 g/mol. The van der Waals surface area contributed by atoms with Crippen molar-refractivity contribution in [2.45, 2.75) is 0 Å². The van der Waals surface area contributed by atoms with Crippen molar-refractivity contribution < 1.29 is 0 Å². The first-order valence-corrected chi connectivity index (χ1v) is 7.60. The highest BCUT2D eigenvalue weighted by Gasteiger charge is 1.98. The number of nitrogens with one attached hydrogen (secondary N) is 2. The molecule has 0 atom stereocenters. The van der Waals surface area contributed by atoms with Gasteiger partial charge < -0.3 is 10.6 Å². The van der Waals surface area contributed by atoms with Crippen LogP contribution in [0.3, 0.4) is 0 Å². The quantitative estimate of drug-likeness (QED) is 0.572. The Hall–Kier alpha value is -2.16. The van der Waals surface area contributed by atoms with E-state index in [4.69, 9.17) is 23.2 Å². The van der Waals surface area contributed by atoms with E-state index in [0.717, 1.165) is 32.8 Å².